The Morgan fingerprint density at radius 1 is 1.18 bits per heavy atom. The van der Waals surface area contributed by atoms with Gasteiger partial charge in [0.15, 0.2) is 12.4 Å². The van der Waals surface area contributed by atoms with Crippen LogP contribution in [0, 0.1) is 40.4 Å². The van der Waals surface area contributed by atoms with Gasteiger partial charge in [-0.2, -0.15) is 0 Å². The van der Waals surface area contributed by atoms with Gasteiger partial charge >= 0.3 is 5.97 Å². The van der Waals surface area contributed by atoms with Crippen molar-refractivity contribution < 1.29 is 29.3 Å². The molecular weight excluding hydrogens is 432 g/mol. The molecule has 0 aromatic heterocycles. The fourth-order valence-corrected chi connectivity index (χ4v) is 8.42. The van der Waals surface area contributed by atoms with E-state index in [0.717, 1.165) is 25.7 Å². The molecule has 2 N–H and O–H groups in total. The van der Waals surface area contributed by atoms with Gasteiger partial charge in [0.05, 0.1) is 12.0 Å². The van der Waals surface area contributed by atoms with E-state index in [2.05, 4.69) is 6.92 Å². The van der Waals surface area contributed by atoms with Gasteiger partial charge in [0.1, 0.15) is 5.60 Å². The molecule has 0 aromatic carbocycles. The minimum Gasteiger partial charge on any atom is -0.457 e. The summed E-state index contributed by atoms with van der Waals surface area (Å²) < 4.78 is 5.40. The van der Waals surface area contributed by atoms with E-state index in [-0.39, 0.29) is 46.8 Å². The zero-order chi connectivity index (χ0) is 25.1. The molecule has 0 heterocycles. The number of aliphatic hydroxyl groups is 2. The maximum atomic E-state index is 13.4. The van der Waals surface area contributed by atoms with Crippen LogP contribution in [0.3, 0.4) is 0 Å². The molecule has 0 spiro atoms. The maximum absolute atomic E-state index is 13.4. The summed E-state index contributed by atoms with van der Waals surface area (Å²) in [5.41, 5.74) is -1.41. The first-order valence-electron chi connectivity index (χ1n) is 13.2. The average Bonchev–Trinajstić information content (AvgIpc) is 3.03. The normalized spacial score (nSPS) is 42.4. The van der Waals surface area contributed by atoms with E-state index in [4.69, 9.17) is 4.74 Å². The number of allylic oxidation sites excluding steroid dienone is 1. The molecule has 3 saturated carbocycles. The van der Waals surface area contributed by atoms with Crippen LogP contribution in [0.1, 0.15) is 86.0 Å². The number of ether oxygens (including phenoxy) is 1. The van der Waals surface area contributed by atoms with Crippen molar-refractivity contribution in [2.45, 2.75) is 97.7 Å². The lowest BCUT2D eigenvalue weighted by Crippen LogP contribution is -2.62. The Hall–Kier alpha value is -1.53. The molecule has 0 saturated heterocycles. The first-order valence-corrected chi connectivity index (χ1v) is 13.2. The topological polar surface area (TPSA) is 101 Å². The monoisotopic (exact) mass is 474 g/mol. The van der Waals surface area contributed by atoms with Crippen LogP contribution >= 0.6 is 0 Å². The van der Waals surface area contributed by atoms with Crippen LogP contribution in [0.5, 0.6) is 0 Å². The van der Waals surface area contributed by atoms with Gasteiger partial charge in [0, 0.05) is 11.8 Å². The Bertz CT molecular complexity index is 891. The summed E-state index contributed by atoms with van der Waals surface area (Å²) in [4.78, 5) is 37.9. The number of rotatable bonds is 6. The molecule has 0 amide bonds. The molecule has 1 unspecified atom stereocenters. The molecule has 8 atom stereocenters. The zero-order valence-electron chi connectivity index (χ0n) is 21.4. The van der Waals surface area contributed by atoms with Crippen molar-refractivity contribution in [2.24, 2.45) is 40.4 Å². The third-order valence-electron chi connectivity index (χ3n) is 10.4. The lowest BCUT2D eigenvalue weighted by Gasteiger charge is -2.60. The summed E-state index contributed by atoms with van der Waals surface area (Å²) in [7, 11) is 0. The van der Waals surface area contributed by atoms with Gasteiger partial charge in [-0.3, -0.25) is 14.4 Å². The minimum absolute atomic E-state index is 0.0327. The number of carbonyl (C=O) groups excluding carboxylic acids is 3. The van der Waals surface area contributed by atoms with Gasteiger partial charge in [0.2, 0.25) is 5.78 Å². The molecule has 6 heteroatoms. The van der Waals surface area contributed by atoms with Gasteiger partial charge in [-0.1, -0.05) is 40.2 Å². The van der Waals surface area contributed by atoms with Gasteiger partial charge in [-0.05, 0) is 80.1 Å². The highest BCUT2D eigenvalue weighted by molar-refractivity contribution is 5.92. The predicted octanol–water partition coefficient (Wildman–Crippen LogP) is 4.01. The smallest absolute Gasteiger partial charge is 0.309 e. The third kappa shape index (κ3) is 3.71. The number of ketones is 2. The standard InChI is InChI=1S/C28H42O6/c1-6-19(16(2)3)25(32)34-15-23(31)28(33)12-10-21-20-8-7-17-13-18(29)9-11-26(17,4)24(20)22(30)14-27(21,28)5/h13,16,19-22,24,30,33H,6-12,14-15H2,1-5H3/t19?,20-,21-,22-,24+,26-,27-,28-/m0/s1. The van der Waals surface area contributed by atoms with Crippen LogP contribution in [0.15, 0.2) is 11.6 Å². The first kappa shape index (κ1) is 25.6. The number of esters is 1. The summed E-state index contributed by atoms with van der Waals surface area (Å²) in [5, 5.41) is 23.2. The van der Waals surface area contributed by atoms with Crippen LogP contribution in [0.2, 0.25) is 0 Å². The molecule has 0 aliphatic heterocycles. The minimum atomic E-state index is -1.61. The molecule has 4 aliphatic carbocycles. The molecule has 3 fully saturated rings. The van der Waals surface area contributed by atoms with Crippen LogP contribution in [-0.4, -0.2) is 46.1 Å². The number of hydrogen-bond donors (Lipinski definition) is 2. The number of carbonyl (C=O) groups is 3. The Labute approximate surface area is 203 Å². The fraction of sp³-hybridized carbons (Fsp3) is 0.821. The highest BCUT2D eigenvalue weighted by Crippen LogP contribution is 2.67. The van der Waals surface area contributed by atoms with Gasteiger partial charge < -0.3 is 14.9 Å². The van der Waals surface area contributed by atoms with Crippen LogP contribution < -0.4 is 0 Å². The molecule has 0 aromatic rings. The van der Waals surface area contributed by atoms with Crippen molar-refractivity contribution >= 4 is 17.5 Å². The summed E-state index contributed by atoms with van der Waals surface area (Å²) >= 11 is 0. The first-order chi connectivity index (χ1) is 15.9. The maximum Gasteiger partial charge on any atom is 0.309 e. The van der Waals surface area contributed by atoms with E-state index in [1.807, 2.05) is 33.8 Å². The van der Waals surface area contributed by atoms with E-state index in [1.54, 1.807) is 0 Å². The quantitative estimate of drug-likeness (QED) is 0.564. The van der Waals surface area contributed by atoms with Crippen molar-refractivity contribution in [1.29, 1.82) is 0 Å². The lowest BCUT2D eigenvalue weighted by atomic mass is 9.45. The zero-order valence-corrected chi connectivity index (χ0v) is 21.4. The van der Waals surface area contributed by atoms with E-state index < -0.39 is 29.5 Å². The number of fused-ring (bicyclic) bond motifs is 5. The second-order valence-electron chi connectivity index (χ2n) is 12.3. The summed E-state index contributed by atoms with van der Waals surface area (Å²) in [5.74, 6) is -0.454. The molecule has 190 valence electrons. The molecule has 0 bridgehead atoms. The van der Waals surface area contributed by atoms with Gasteiger partial charge in [0.25, 0.3) is 0 Å². The van der Waals surface area contributed by atoms with E-state index in [0.29, 0.717) is 25.7 Å². The SMILES string of the molecule is CCC(C(=O)OCC(=O)[C@@]1(O)CC[C@H]2[C@@H]3CCC4=CC(=O)CC[C@]4(C)[C@H]3[C@@H](O)C[C@@]21C)C(C)C. The van der Waals surface area contributed by atoms with Crippen molar-refractivity contribution in [2.75, 3.05) is 6.61 Å². The Morgan fingerprint density at radius 3 is 2.53 bits per heavy atom. The van der Waals surface area contributed by atoms with Crippen LogP contribution in [0.4, 0.5) is 0 Å². The molecule has 4 aliphatic rings. The average molecular weight is 475 g/mol. The van der Waals surface area contributed by atoms with Crippen LogP contribution in [0.25, 0.3) is 0 Å². The molecule has 0 radical (unpaired) electrons. The molecule has 6 nitrogen and oxygen atoms in total. The van der Waals surface area contributed by atoms with Crippen molar-refractivity contribution in [3.63, 3.8) is 0 Å². The second kappa shape index (κ2) is 8.85. The van der Waals surface area contributed by atoms with E-state index in [9.17, 15) is 24.6 Å². The number of hydrogen-bond acceptors (Lipinski definition) is 6. The van der Waals surface area contributed by atoms with E-state index >= 15 is 0 Å². The van der Waals surface area contributed by atoms with Crippen LogP contribution in [-0.2, 0) is 19.1 Å². The van der Waals surface area contributed by atoms with Gasteiger partial charge in [-0.15, -0.1) is 0 Å². The summed E-state index contributed by atoms with van der Waals surface area (Å²) in [6, 6.07) is 0. The summed E-state index contributed by atoms with van der Waals surface area (Å²) in [6.07, 6.45) is 6.16. The largest absolute Gasteiger partial charge is 0.457 e. The highest BCUT2D eigenvalue weighted by atomic mass is 16.5. The Balaban J connectivity index is 1.55. The number of Topliss-reactive ketones (excluding diaryl/α,β-unsaturated/α-hetero) is 1. The lowest BCUT2D eigenvalue weighted by molar-refractivity contribution is -0.185. The predicted molar refractivity (Wildman–Crippen MR) is 128 cm³/mol. The fourth-order valence-electron chi connectivity index (χ4n) is 8.42. The summed E-state index contributed by atoms with van der Waals surface area (Å²) in [6.45, 7) is 9.57. The van der Waals surface area contributed by atoms with Crippen molar-refractivity contribution in [1.82, 2.24) is 0 Å². The second-order valence-corrected chi connectivity index (χ2v) is 12.3. The Morgan fingerprint density at radius 2 is 1.88 bits per heavy atom. The molecular formula is C28H42O6. The van der Waals surface area contributed by atoms with E-state index in [1.165, 1.54) is 5.57 Å². The van der Waals surface area contributed by atoms with Gasteiger partial charge in [-0.25, -0.2) is 0 Å². The molecule has 34 heavy (non-hydrogen) atoms. The van der Waals surface area contributed by atoms with Crippen molar-refractivity contribution in [3.8, 4) is 0 Å². The third-order valence-corrected chi connectivity index (χ3v) is 10.4. The molecule has 4 rings (SSSR count). The highest BCUT2D eigenvalue weighted by Gasteiger charge is 2.68. The number of aliphatic hydroxyl groups excluding tert-OH is 1. The Kier molecular flexibility index (Phi) is 6.65. The van der Waals surface area contributed by atoms with Crippen molar-refractivity contribution in [3.05, 3.63) is 11.6 Å².